The van der Waals surface area contributed by atoms with E-state index >= 15 is 0 Å². The van der Waals surface area contributed by atoms with Gasteiger partial charge in [0.2, 0.25) is 0 Å². The molecule has 2 rings (SSSR count). The van der Waals surface area contributed by atoms with Crippen molar-refractivity contribution >= 4 is 26.5 Å². The number of nitrogens with two attached hydrogens (primary N) is 1. The van der Waals surface area contributed by atoms with Crippen LogP contribution in [0.4, 0.5) is 5.13 Å². The highest BCUT2D eigenvalue weighted by Gasteiger charge is 2.19. The maximum Gasteiger partial charge on any atom is 0.265 e. The monoisotopic (exact) mass is 314 g/mol. The lowest BCUT2D eigenvalue weighted by Crippen LogP contribution is -2.12. The first-order valence-electron chi connectivity index (χ1n) is 6.30. The highest BCUT2D eigenvalue weighted by Crippen LogP contribution is 2.21. The summed E-state index contributed by atoms with van der Waals surface area (Å²) in [5.74, 6) is 0. The molecule has 3 N–H and O–H groups in total. The number of nitrogens with one attached hydrogen (secondary N) is 1. The molecule has 6 nitrogen and oxygen atoms in total. The Kier molecular flexibility index (Phi) is 4.46. The third kappa shape index (κ3) is 3.20. The quantitative estimate of drug-likeness (QED) is 0.852. The van der Waals surface area contributed by atoms with Gasteiger partial charge in [0.25, 0.3) is 10.0 Å². The fourth-order valence-electron chi connectivity index (χ4n) is 1.87. The lowest BCUT2D eigenvalue weighted by molar-refractivity contribution is 0.600. The second kappa shape index (κ2) is 5.94. The number of rotatable bonds is 6. The van der Waals surface area contributed by atoms with Gasteiger partial charge in [0, 0.05) is 30.4 Å². The topological polar surface area (TPSA) is 90.0 Å². The standard InChI is InChI=1S/C12H18N4O2S2/c1-3-4-16-7-11(5-10(16)6-13)20(17,18)15-12-14-9(2)8-19-12/h5,7-8H,3-4,6,13H2,1-2H3,(H,14,15). The van der Waals surface area contributed by atoms with Crippen LogP contribution in [0.1, 0.15) is 24.7 Å². The number of anilines is 1. The van der Waals surface area contributed by atoms with Crippen molar-refractivity contribution in [1.29, 1.82) is 0 Å². The zero-order valence-electron chi connectivity index (χ0n) is 11.5. The van der Waals surface area contributed by atoms with Gasteiger partial charge < -0.3 is 10.3 Å². The summed E-state index contributed by atoms with van der Waals surface area (Å²) in [6.45, 7) is 4.91. The summed E-state index contributed by atoms with van der Waals surface area (Å²) >= 11 is 1.27. The van der Waals surface area contributed by atoms with Crippen LogP contribution in [-0.2, 0) is 23.1 Å². The van der Waals surface area contributed by atoms with Crippen LogP contribution in [0, 0.1) is 6.92 Å². The van der Waals surface area contributed by atoms with E-state index in [4.69, 9.17) is 5.73 Å². The van der Waals surface area contributed by atoms with Crippen molar-refractivity contribution in [2.45, 2.75) is 38.3 Å². The molecule has 2 aromatic heterocycles. The van der Waals surface area contributed by atoms with E-state index in [0.717, 1.165) is 24.4 Å². The zero-order chi connectivity index (χ0) is 14.8. The van der Waals surface area contributed by atoms with E-state index in [-0.39, 0.29) is 4.90 Å². The van der Waals surface area contributed by atoms with Crippen molar-refractivity contribution in [2.24, 2.45) is 5.73 Å². The smallest absolute Gasteiger partial charge is 0.265 e. The average Bonchev–Trinajstić information content (AvgIpc) is 2.96. The van der Waals surface area contributed by atoms with Crippen molar-refractivity contribution in [3.05, 3.63) is 29.0 Å². The number of hydrogen-bond donors (Lipinski definition) is 2. The molecule has 20 heavy (non-hydrogen) atoms. The van der Waals surface area contributed by atoms with Gasteiger partial charge in [-0.3, -0.25) is 4.72 Å². The SMILES string of the molecule is CCCn1cc(S(=O)(=O)Nc2nc(C)cs2)cc1CN. The van der Waals surface area contributed by atoms with E-state index in [1.807, 2.05) is 18.4 Å². The number of sulfonamides is 1. The van der Waals surface area contributed by atoms with Crippen LogP contribution in [0.3, 0.4) is 0 Å². The van der Waals surface area contributed by atoms with Crippen LogP contribution in [-0.4, -0.2) is 18.0 Å². The maximum absolute atomic E-state index is 12.3. The Morgan fingerprint density at radius 3 is 2.80 bits per heavy atom. The summed E-state index contributed by atoms with van der Waals surface area (Å²) in [5, 5.41) is 2.17. The molecule has 0 radical (unpaired) electrons. The van der Waals surface area contributed by atoms with Crippen LogP contribution in [0.25, 0.3) is 0 Å². The second-order valence-corrected chi connectivity index (χ2v) is 7.00. The van der Waals surface area contributed by atoms with E-state index in [2.05, 4.69) is 9.71 Å². The Morgan fingerprint density at radius 2 is 2.25 bits per heavy atom. The molecule has 0 aromatic carbocycles. The molecule has 0 atom stereocenters. The molecule has 0 bridgehead atoms. The van der Waals surface area contributed by atoms with Crippen LogP contribution in [0.2, 0.25) is 0 Å². The summed E-state index contributed by atoms with van der Waals surface area (Å²) in [4.78, 5) is 4.33. The van der Waals surface area contributed by atoms with E-state index in [1.54, 1.807) is 17.6 Å². The summed E-state index contributed by atoms with van der Waals surface area (Å²) in [7, 11) is -3.61. The Hall–Kier alpha value is -1.38. The van der Waals surface area contributed by atoms with Crippen molar-refractivity contribution in [2.75, 3.05) is 4.72 Å². The molecule has 0 unspecified atom stereocenters. The predicted octanol–water partition coefficient (Wildman–Crippen LogP) is 1.92. The average molecular weight is 314 g/mol. The number of hydrogen-bond acceptors (Lipinski definition) is 5. The molecule has 110 valence electrons. The number of thiazole rings is 1. The largest absolute Gasteiger partial charge is 0.349 e. The molecule has 0 aliphatic heterocycles. The molecule has 0 spiro atoms. The summed E-state index contributed by atoms with van der Waals surface area (Å²) in [6, 6.07) is 1.61. The molecular formula is C12H18N4O2S2. The van der Waals surface area contributed by atoms with E-state index in [1.165, 1.54) is 11.3 Å². The maximum atomic E-state index is 12.3. The second-order valence-electron chi connectivity index (χ2n) is 4.46. The van der Waals surface area contributed by atoms with Crippen molar-refractivity contribution in [1.82, 2.24) is 9.55 Å². The van der Waals surface area contributed by atoms with Gasteiger partial charge in [0.05, 0.1) is 5.69 Å². The van der Waals surface area contributed by atoms with Crippen molar-refractivity contribution < 1.29 is 8.42 Å². The number of aryl methyl sites for hydroxylation is 2. The van der Waals surface area contributed by atoms with Crippen LogP contribution in [0.5, 0.6) is 0 Å². The molecule has 2 heterocycles. The first-order valence-corrected chi connectivity index (χ1v) is 8.66. The van der Waals surface area contributed by atoms with Gasteiger partial charge in [-0.25, -0.2) is 13.4 Å². The minimum Gasteiger partial charge on any atom is -0.349 e. The lowest BCUT2D eigenvalue weighted by atomic mass is 10.4. The Balaban J connectivity index is 2.29. The molecule has 8 heteroatoms. The Labute approximate surface area is 122 Å². The molecule has 2 aromatic rings. The molecule has 0 aliphatic carbocycles. The first-order chi connectivity index (χ1) is 9.46. The van der Waals surface area contributed by atoms with E-state index in [9.17, 15) is 8.42 Å². The van der Waals surface area contributed by atoms with Gasteiger partial charge in [-0.1, -0.05) is 6.92 Å². The minimum absolute atomic E-state index is 0.222. The third-order valence-electron chi connectivity index (χ3n) is 2.79. The predicted molar refractivity (Wildman–Crippen MR) is 80.3 cm³/mol. The van der Waals surface area contributed by atoms with Crippen LogP contribution in [0.15, 0.2) is 22.5 Å². The van der Waals surface area contributed by atoms with Gasteiger partial charge in [-0.15, -0.1) is 11.3 Å². The molecule has 0 fully saturated rings. The highest BCUT2D eigenvalue weighted by atomic mass is 32.2. The first kappa shape index (κ1) is 15.0. The van der Waals surface area contributed by atoms with Gasteiger partial charge in [0.15, 0.2) is 5.13 Å². The Bertz CT molecular complexity index is 688. The minimum atomic E-state index is -3.61. The van der Waals surface area contributed by atoms with Gasteiger partial charge >= 0.3 is 0 Å². The van der Waals surface area contributed by atoms with Crippen molar-refractivity contribution in [3.63, 3.8) is 0 Å². The molecule has 0 amide bonds. The normalized spacial score (nSPS) is 11.8. The number of nitrogens with zero attached hydrogens (tertiary/aromatic N) is 2. The molecule has 0 aliphatic rings. The van der Waals surface area contributed by atoms with E-state index < -0.39 is 10.0 Å². The van der Waals surface area contributed by atoms with Crippen LogP contribution < -0.4 is 10.5 Å². The Morgan fingerprint density at radius 1 is 1.50 bits per heavy atom. The highest BCUT2D eigenvalue weighted by molar-refractivity contribution is 7.93. The molecule has 0 saturated carbocycles. The zero-order valence-corrected chi connectivity index (χ0v) is 13.1. The van der Waals surface area contributed by atoms with E-state index in [0.29, 0.717) is 11.7 Å². The van der Waals surface area contributed by atoms with Gasteiger partial charge in [0.1, 0.15) is 4.90 Å². The van der Waals surface area contributed by atoms with Crippen LogP contribution >= 0.6 is 11.3 Å². The number of aromatic nitrogens is 2. The van der Waals surface area contributed by atoms with Gasteiger partial charge in [-0.05, 0) is 19.4 Å². The fraction of sp³-hybridized carbons (Fsp3) is 0.417. The third-order valence-corrected chi connectivity index (χ3v) is 5.10. The lowest BCUT2D eigenvalue weighted by Gasteiger charge is -2.04. The summed E-state index contributed by atoms with van der Waals surface area (Å²) in [5.41, 5.74) is 7.25. The molecule has 0 saturated heterocycles. The summed E-state index contributed by atoms with van der Waals surface area (Å²) < 4.78 is 29.0. The fourth-order valence-corrected chi connectivity index (χ4v) is 3.87. The van der Waals surface area contributed by atoms with Crippen molar-refractivity contribution in [3.8, 4) is 0 Å². The molecular weight excluding hydrogens is 296 g/mol. The van der Waals surface area contributed by atoms with Gasteiger partial charge in [-0.2, -0.15) is 0 Å². The summed E-state index contributed by atoms with van der Waals surface area (Å²) in [6.07, 6.45) is 2.54.